The fraction of sp³-hybridized carbons (Fsp3) is 0. The number of nitrogens with zero attached hydrogens (tertiary/aromatic N) is 1. The van der Waals surface area contributed by atoms with Gasteiger partial charge in [-0.3, -0.25) is 4.72 Å². The van der Waals surface area contributed by atoms with E-state index in [-0.39, 0.29) is 14.9 Å². The highest BCUT2D eigenvalue weighted by Crippen LogP contribution is 2.25. The summed E-state index contributed by atoms with van der Waals surface area (Å²) >= 11 is 2.80. The highest BCUT2D eigenvalue weighted by atomic mass is 79.9. The molecule has 0 aliphatic carbocycles. The summed E-state index contributed by atoms with van der Waals surface area (Å²) in [5.41, 5.74) is -0.376. The van der Waals surface area contributed by atoms with Crippen LogP contribution in [0.2, 0.25) is 0 Å². The first-order valence-corrected chi connectivity index (χ1v) is 7.78. The molecule has 0 aliphatic heterocycles. The molecule has 4 nitrogen and oxygen atoms in total. The molecule has 2 aromatic rings. The minimum Gasteiger partial charge on any atom is -0.277 e. The van der Waals surface area contributed by atoms with Gasteiger partial charge in [-0.25, -0.2) is 17.2 Å². The van der Waals surface area contributed by atoms with Crippen molar-refractivity contribution in [2.75, 3.05) is 4.72 Å². The minimum absolute atomic E-state index is 0.116. The van der Waals surface area contributed by atoms with Crippen LogP contribution >= 0.6 is 15.9 Å². The van der Waals surface area contributed by atoms with Gasteiger partial charge in [-0.15, -0.1) is 0 Å². The molecule has 0 saturated heterocycles. The summed E-state index contributed by atoms with van der Waals surface area (Å²) in [4.78, 5) is -0.218. The Morgan fingerprint density at radius 2 is 1.86 bits per heavy atom. The Kier molecular flexibility index (Phi) is 4.25. The quantitative estimate of drug-likeness (QED) is 0.839. The maximum absolute atomic E-state index is 13.6. The van der Waals surface area contributed by atoms with E-state index in [4.69, 9.17) is 5.26 Å². The summed E-state index contributed by atoms with van der Waals surface area (Å²) in [6.45, 7) is 0. The zero-order valence-corrected chi connectivity index (χ0v) is 12.7. The molecule has 0 aliphatic rings. The zero-order chi connectivity index (χ0) is 15.6. The Labute approximate surface area is 128 Å². The van der Waals surface area contributed by atoms with Gasteiger partial charge in [0, 0.05) is 6.07 Å². The van der Waals surface area contributed by atoms with Crippen LogP contribution in [0.3, 0.4) is 0 Å². The number of rotatable bonds is 3. The van der Waals surface area contributed by atoms with Gasteiger partial charge in [0.1, 0.15) is 11.6 Å². The Bertz CT molecular complexity index is 848. The van der Waals surface area contributed by atoms with E-state index < -0.39 is 27.3 Å². The first kappa shape index (κ1) is 15.4. The van der Waals surface area contributed by atoms with Crippen LogP contribution in [0.1, 0.15) is 5.56 Å². The first-order chi connectivity index (χ1) is 9.83. The Morgan fingerprint density at radius 1 is 1.14 bits per heavy atom. The maximum Gasteiger partial charge on any atom is 0.262 e. The topological polar surface area (TPSA) is 70.0 Å². The fourth-order valence-electron chi connectivity index (χ4n) is 1.54. The monoisotopic (exact) mass is 372 g/mol. The van der Waals surface area contributed by atoms with Gasteiger partial charge in [-0.05, 0) is 40.2 Å². The second kappa shape index (κ2) is 5.79. The molecule has 0 unspecified atom stereocenters. The molecule has 0 atom stereocenters. The van der Waals surface area contributed by atoms with Gasteiger partial charge in [0.2, 0.25) is 0 Å². The Hall–Kier alpha value is -1.98. The van der Waals surface area contributed by atoms with Crippen molar-refractivity contribution in [1.29, 1.82) is 5.26 Å². The van der Waals surface area contributed by atoms with Crippen molar-refractivity contribution >= 4 is 31.6 Å². The molecule has 2 aromatic carbocycles. The van der Waals surface area contributed by atoms with Gasteiger partial charge >= 0.3 is 0 Å². The molecule has 0 heterocycles. The lowest BCUT2D eigenvalue weighted by Gasteiger charge is -2.10. The van der Waals surface area contributed by atoms with Crippen molar-refractivity contribution in [1.82, 2.24) is 0 Å². The van der Waals surface area contributed by atoms with E-state index in [1.54, 1.807) is 6.07 Å². The average molecular weight is 373 g/mol. The summed E-state index contributed by atoms with van der Waals surface area (Å²) in [5.74, 6) is -1.73. The van der Waals surface area contributed by atoms with E-state index >= 15 is 0 Å². The molecule has 0 radical (unpaired) electrons. The Morgan fingerprint density at radius 3 is 2.52 bits per heavy atom. The smallest absolute Gasteiger partial charge is 0.262 e. The number of halogens is 3. The van der Waals surface area contributed by atoms with Crippen LogP contribution in [0.15, 0.2) is 45.8 Å². The largest absolute Gasteiger partial charge is 0.277 e. The molecule has 0 saturated carbocycles. The number of anilines is 1. The van der Waals surface area contributed by atoms with E-state index in [9.17, 15) is 17.2 Å². The SMILES string of the molecule is N#Cc1cccc(S(=O)(=O)Nc2cc(F)c(Br)cc2F)c1. The van der Waals surface area contributed by atoms with Gasteiger partial charge in [0.05, 0.1) is 26.7 Å². The van der Waals surface area contributed by atoms with Crippen molar-refractivity contribution < 1.29 is 17.2 Å². The first-order valence-electron chi connectivity index (χ1n) is 5.51. The third-order valence-corrected chi connectivity index (χ3v) is 4.50. The molecule has 0 aromatic heterocycles. The van der Waals surface area contributed by atoms with Gasteiger partial charge in [0.25, 0.3) is 10.0 Å². The molecule has 0 amide bonds. The van der Waals surface area contributed by atoms with Crippen molar-refractivity contribution in [3.05, 3.63) is 58.1 Å². The van der Waals surface area contributed by atoms with Crippen LogP contribution in [0.4, 0.5) is 14.5 Å². The summed E-state index contributed by atoms with van der Waals surface area (Å²) in [7, 11) is -4.12. The molecule has 108 valence electrons. The van der Waals surface area contributed by atoms with E-state index in [0.717, 1.165) is 18.2 Å². The Balaban J connectivity index is 2.42. The zero-order valence-electron chi connectivity index (χ0n) is 10.3. The maximum atomic E-state index is 13.6. The molecule has 2 rings (SSSR count). The molecule has 21 heavy (non-hydrogen) atoms. The van der Waals surface area contributed by atoms with Crippen LogP contribution < -0.4 is 4.72 Å². The van der Waals surface area contributed by atoms with Crippen LogP contribution in [0, 0.1) is 23.0 Å². The average Bonchev–Trinajstić information content (AvgIpc) is 2.44. The van der Waals surface area contributed by atoms with E-state index in [0.29, 0.717) is 0 Å². The summed E-state index contributed by atoms with van der Waals surface area (Å²) in [5, 5.41) is 8.75. The predicted molar refractivity (Wildman–Crippen MR) is 76.0 cm³/mol. The third-order valence-electron chi connectivity index (χ3n) is 2.53. The summed E-state index contributed by atoms with van der Waals surface area (Å²) in [6.07, 6.45) is 0. The number of benzene rings is 2. The number of nitriles is 1. The lowest BCUT2D eigenvalue weighted by atomic mass is 10.2. The molecule has 0 fully saturated rings. The summed E-state index contributed by atoms with van der Waals surface area (Å²) < 4.78 is 53.0. The molecule has 8 heteroatoms. The molecule has 1 N–H and O–H groups in total. The molecular weight excluding hydrogens is 366 g/mol. The number of sulfonamides is 1. The van der Waals surface area contributed by atoms with Gasteiger partial charge < -0.3 is 0 Å². The van der Waals surface area contributed by atoms with Crippen molar-refractivity contribution in [3.63, 3.8) is 0 Å². The van der Waals surface area contributed by atoms with Gasteiger partial charge in [-0.2, -0.15) is 5.26 Å². The van der Waals surface area contributed by atoms with Crippen LogP contribution in [0.25, 0.3) is 0 Å². The van der Waals surface area contributed by atoms with Crippen LogP contribution in [-0.4, -0.2) is 8.42 Å². The number of hydrogen-bond acceptors (Lipinski definition) is 3. The molecular formula is C13H7BrF2N2O2S. The standard InChI is InChI=1S/C13H7BrF2N2O2S/c14-10-5-12(16)13(6-11(10)15)18-21(19,20)9-3-1-2-8(4-9)7-17/h1-6,18H. The van der Waals surface area contributed by atoms with Crippen LogP contribution in [0.5, 0.6) is 0 Å². The highest BCUT2D eigenvalue weighted by Gasteiger charge is 2.18. The fourth-order valence-corrected chi connectivity index (χ4v) is 2.96. The van der Waals surface area contributed by atoms with E-state index in [1.807, 2.05) is 4.72 Å². The second-order valence-electron chi connectivity index (χ2n) is 3.99. The number of nitrogens with one attached hydrogen (secondary N) is 1. The second-order valence-corrected chi connectivity index (χ2v) is 6.53. The highest BCUT2D eigenvalue weighted by molar-refractivity contribution is 9.10. The van der Waals surface area contributed by atoms with Crippen molar-refractivity contribution in [3.8, 4) is 6.07 Å². The predicted octanol–water partition coefficient (Wildman–Crippen LogP) is 3.40. The minimum atomic E-state index is -4.12. The van der Waals surface area contributed by atoms with Crippen LogP contribution in [-0.2, 0) is 10.0 Å². The van der Waals surface area contributed by atoms with Crippen molar-refractivity contribution in [2.24, 2.45) is 0 Å². The lowest BCUT2D eigenvalue weighted by molar-refractivity contribution is 0.591. The normalized spacial score (nSPS) is 11.0. The van der Waals surface area contributed by atoms with Gasteiger partial charge in [0.15, 0.2) is 0 Å². The van der Waals surface area contributed by atoms with Crippen molar-refractivity contribution in [2.45, 2.75) is 4.90 Å². The number of hydrogen-bond donors (Lipinski definition) is 1. The van der Waals surface area contributed by atoms with E-state index in [2.05, 4.69) is 15.9 Å². The molecule has 0 spiro atoms. The molecule has 0 bridgehead atoms. The summed E-state index contributed by atoms with van der Waals surface area (Å²) in [6, 6.07) is 8.54. The third kappa shape index (κ3) is 3.37. The van der Waals surface area contributed by atoms with E-state index in [1.165, 1.54) is 18.2 Å². The lowest BCUT2D eigenvalue weighted by Crippen LogP contribution is -2.14. The van der Waals surface area contributed by atoms with Gasteiger partial charge in [-0.1, -0.05) is 6.07 Å².